The third-order valence-electron chi connectivity index (χ3n) is 2.71. The normalized spacial score (nSPS) is 12.8. The lowest BCUT2D eigenvalue weighted by Gasteiger charge is -2.05. The van der Waals surface area contributed by atoms with Gasteiger partial charge in [-0.3, -0.25) is 0 Å². The number of hydrogen-bond donors (Lipinski definition) is 1. The fourth-order valence-corrected chi connectivity index (χ4v) is 1.28. The largest absolute Gasteiger partial charge is 0.317 e. The van der Waals surface area contributed by atoms with Crippen molar-refractivity contribution in [1.82, 2.24) is 5.32 Å². The molecule has 0 saturated heterocycles. The van der Waals surface area contributed by atoms with Gasteiger partial charge in [0.25, 0.3) is 0 Å². The third kappa shape index (κ3) is 19.5. The zero-order valence-corrected chi connectivity index (χ0v) is 12.3. The van der Waals surface area contributed by atoms with E-state index in [0.29, 0.717) is 0 Å². The van der Waals surface area contributed by atoms with Crippen LogP contribution in [0.3, 0.4) is 0 Å². The highest BCUT2D eigenvalue weighted by Crippen LogP contribution is 2.15. The number of rotatable bonds is 7. The Hall–Kier alpha value is -0.0400. The van der Waals surface area contributed by atoms with Crippen molar-refractivity contribution in [2.45, 2.75) is 85.5 Å². The molecule has 0 amide bonds. The summed E-state index contributed by atoms with van der Waals surface area (Å²) in [6, 6.07) is 0. The lowest BCUT2D eigenvalue weighted by molar-refractivity contribution is 0.504. The first-order valence-electron chi connectivity index (χ1n) is 7.62. The number of unbranched alkanes of at least 4 members (excludes halogenated alkanes) is 4. The molecule has 0 spiro atoms. The van der Waals surface area contributed by atoms with Crippen LogP contribution in [0.5, 0.6) is 0 Å². The SMILES string of the molecule is C1CCC1.CC.CCCCCCCNCC. The van der Waals surface area contributed by atoms with Gasteiger partial charge in [0, 0.05) is 0 Å². The Bertz CT molecular complexity index is 75.4. The van der Waals surface area contributed by atoms with Crippen molar-refractivity contribution in [1.29, 1.82) is 0 Å². The molecule has 1 fully saturated rings. The molecule has 1 nitrogen and oxygen atoms in total. The summed E-state index contributed by atoms with van der Waals surface area (Å²) in [5.41, 5.74) is 0. The van der Waals surface area contributed by atoms with Crippen molar-refractivity contribution < 1.29 is 0 Å². The van der Waals surface area contributed by atoms with Gasteiger partial charge < -0.3 is 5.32 Å². The first kappa shape index (κ1) is 18.3. The maximum Gasteiger partial charge on any atom is -0.00490 e. The standard InChI is InChI=1S/C9H21N.C4H8.C2H6/c1-3-5-6-7-8-9-10-4-2;1-2-4-3-1;1-2/h10H,3-9H2,1-2H3;1-4H2;1-2H3. The van der Waals surface area contributed by atoms with Gasteiger partial charge in [0.05, 0.1) is 0 Å². The van der Waals surface area contributed by atoms with E-state index in [4.69, 9.17) is 0 Å². The van der Waals surface area contributed by atoms with Crippen LogP contribution in [-0.4, -0.2) is 13.1 Å². The van der Waals surface area contributed by atoms with E-state index < -0.39 is 0 Å². The lowest BCUT2D eigenvalue weighted by atomic mass is 10.0. The van der Waals surface area contributed by atoms with Gasteiger partial charge in [-0.2, -0.15) is 0 Å². The van der Waals surface area contributed by atoms with Crippen LogP contribution in [0, 0.1) is 0 Å². The second-order valence-electron chi connectivity index (χ2n) is 4.18. The van der Waals surface area contributed by atoms with Gasteiger partial charge in [0.2, 0.25) is 0 Å². The Balaban J connectivity index is 0. The van der Waals surface area contributed by atoms with Gasteiger partial charge in [-0.05, 0) is 19.5 Å². The van der Waals surface area contributed by atoms with Crippen LogP contribution in [0.4, 0.5) is 0 Å². The van der Waals surface area contributed by atoms with Crippen LogP contribution < -0.4 is 5.32 Å². The maximum atomic E-state index is 3.33. The van der Waals surface area contributed by atoms with Crippen LogP contribution in [0.1, 0.15) is 85.5 Å². The highest BCUT2D eigenvalue weighted by molar-refractivity contribution is 4.50. The highest BCUT2D eigenvalue weighted by atomic mass is 14.8. The van der Waals surface area contributed by atoms with E-state index >= 15 is 0 Å². The zero-order valence-electron chi connectivity index (χ0n) is 12.3. The average molecular weight is 229 g/mol. The van der Waals surface area contributed by atoms with E-state index in [1.165, 1.54) is 64.3 Å². The molecule has 16 heavy (non-hydrogen) atoms. The summed E-state index contributed by atoms with van der Waals surface area (Å²) >= 11 is 0. The van der Waals surface area contributed by atoms with Crippen molar-refractivity contribution >= 4 is 0 Å². The monoisotopic (exact) mass is 229 g/mol. The van der Waals surface area contributed by atoms with Crippen molar-refractivity contribution in [2.24, 2.45) is 0 Å². The molecule has 0 heterocycles. The second-order valence-corrected chi connectivity index (χ2v) is 4.18. The summed E-state index contributed by atoms with van der Waals surface area (Å²) in [7, 11) is 0. The van der Waals surface area contributed by atoms with Gasteiger partial charge in [0.15, 0.2) is 0 Å². The smallest absolute Gasteiger partial charge is 0.00490 e. The molecule has 0 aliphatic heterocycles. The van der Waals surface area contributed by atoms with Crippen molar-refractivity contribution in [3.05, 3.63) is 0 Å². The van der Waals surface area contributed by atoms with Crippen LogP contribution >= 0.6 is 0 Å². The zero-order chi connectivity index (χ0) is 12.5. The first-order chi connectivity index (χ1) is 7.91. The summed E-state index contributed by atoms with van der Waals surface area (Å²) < 4.78 is 0. The minimum absolute atomic E-state index is 1.12. The van der Waals surface area contributed by atoms with Crippen molar-refractivity contribution in [3.63, 3.8) is 0 Å². The third-order valence-corrected chi connectivity index (χ3v) is 2.71. The average Bonchev–Trinajstić information content (AvgIpc) is 2.24. The Morgan fingerprint density at radius 2 is 1.25 bits per heavy atom. The molecule has 0 aromatic heterocycles. The molecule has 1 aliphatic rings. The molecule has 1 aliphatic carbocycles. The molecule has 1 saturated carbocycles. The Morgan fingerprint density at radius 1 is 0.750 bits per heavy atom. The van der Waals surface area contributed by atoms with Crippen LogP contribution in [0.25, 0.3) is 0 Å². The van der Waals surface area contributed by atoms with E-state index in [1.54, 1.807) is 0 Å². The Morgan fingerprint density at radius 3 is 1.62 bits per heavy atom. The van der Waals surface area contributed by atoms with Gasteiger partial charge in [-0.15, -0.1) is 0 Å². The molecule has 0 aromatic carbocycles. The molecule has 0 aromatic rings. The van der Waals surface area contributed by atoms with Crippen LogP contribution in [0.15, 0.2) is 0 Å². The molecule has 0 bridgehead atoms. The number of nitrogens with one attached hydrogen (secondary N) is 1. The summed E-state index contributed by atoms with van der Waals surface area (Å²) in [6.07, 6.45) is 12.9. The Labute approximate surface area is 104 Å². The summed E-state index contributed by atoms with van der Waals surface area (Å²) in [4.78, 5) is 0. The minimum atomic E-state index is 1.12. The fourth-order valence-electron chi connectivity index (χ4n) is 1.28. The van der Waals surface area contributed by atoms with Gasteiger partial charge in [0.1, 0.15) is 0 Å². The van der Waals surface area contributed by atoms with Crippen LogP contribution in [-0.2, 0) is 0 Å². The van der Waals surface area contributed by atoms with E-state index in [9.17, 15) is 0 Å². The van der Waals surface area contributed by atoms with E-state index in [2.05, 4.69) is 19.2 Å². The predicted molar refractivity (Wildman–Crippen MR) is 77.1 cm³/mol. The Kier molecular flexibility index (Phi) is 23.3. The molecule has 0 unspecified atom stereocenters. The predicted octanol–water partition coefficient (Wildman–Crippen LogP) is 5.15. The van der Waals surface area contributed by atoms with Crippen molar-refractivity contribution in [2.75, 3.05) is 13.1 Å². The lowest BCUT2D eigenvalue weighted by Crippen LogP contribution is -2.13. The molecule has 0 atom stereocenters. The molecule has 0 radical (unpaired) electrons. The van der Waals surface area contributed by atoms with E-state index in [-0.39, 0.29) is 0 Å². The van der Waals surface area contributed by atoms with Crippen molar-refractivity contribution in [3.8, 4) is 0 Å². The summed E-state index contributed by atoms with van der Waals surface area (Å²) in [5, 5.41) is 3.33. The first-order valence-corrected chi connectivity index (χ1v) is 7.62. The van der Waals surface area contributed by atoms with E-state index in [1.807, 2.05) is 13.8 Å². The number of hydrogen-bond acceptors (Lipinski definition) is 1. The molecule has 1 rings (SSSR count). The summed E-state index contributed by atoms with van der Waals surface area (Å²) in [6.45, 7) is 10.7. The van der Waals surface area contributed by atoms with Gasteiger partial charge in [-0.25, -0.2) is 0 Å². The topological polar surface area (TPSA) is 12.0 Å². The maximum absolute atomic E-state index is 3.33. The fraction of sp³-hybridized carbons (Fsp3) is 1.00. The van der Waals surface area contributed by atoms with Gasteiger partial charge >= 0.3 is 0 Å². The second kappa shape index (κ2) is 20.4. The van der Waals surface area contributed by atoms with Crippen LogP contribution in [0.2, 0.25) is 0 Å². The molecular formula is C15H35N. The highest BCUT2D eigenvalue weighted by Gasteiger charge is 1.95. The summed E-state index contributed by atoms with van der Waals surface area (Å²) in [5.74, 6) is 0. The quantitative estimate of drug-likeness (QED) is 0.595. The molecular weight excluding hydrogens is 194 g/mol. The molecule has 1 N–H and O–H groups in total. The van der Waals surface area contributed by atoms with E-state index in [0.717, 1.165) is 6.54 Å². The van der Waals surface area contributed by atoms with Gasteiger partial charge in [-0.1, -0.05) is 79.1 Å². The molecule has 1 heteroatoms. The minimum Gasteiger partial charge on any atom is -0.317 e. The molecule has 100 valence electrons.